The van der Waals surface area contributed by atoms with Crippen LogP contribution in [0.4, 0.5) is 19.7 Å². The molecule has 1 fully saturated rings. The third-order valence-corrected chi connectivity index (χ3v) is 4.46. The van der Waals surface area contributed by atoms with E-state index in [0.29, 0.717) is 17.9 Å². The number of hydrogen-bond donors (Lipinski definition) is 1. The molecule has 156 valence electrons. The van der Waals surface area contributed by atoms with Gasteiger partial charge in [-0.25, -0.2) is 19.0 Å². The topological polar surface area (TPSA) is 112 Å². The Morgan fingerprint density at radius 2 is 2.30 bits per heavy atom. The van der Waals surface area contributed by atoms with E-state index in [1.54, 1.807) is 29.2 Å². The maximum atomic E-state index is 14.7. The summed E-state index contributed by atoms with van der Waals surface area (Å²) in [6.07, 6.45) is 3.05. The Kier molecular flexibility index (Phi) is 5.33. The molecule has 0 spiro atoms. The Balaban J connectivity index is 1.45. The third kappa shape index (κ3) is 4.09. The summed E-state index contributed by atoms with van der Waals surface area (Å²) in [6, 6.07) is 6.07. The molecule has 1 aromatic carbocycles. The molecular weight excluding hydrogens is 397 g/mol. The summed E-state index contributed by atoms with van der Waals surface area (Å²) in [6.45, 7) is 0.649. The van der Waals surface area contributed by atoms with Crippen molar-refractivity contribution < 1.29 is 27.9 Å². The van der Waals surface area contributed by atoms with E-state index >= 15 is 0 Å². The van der Waals surface area contributed by atoms with Crippen molar-refractivity contribution in [2.75, 3.05) is 25.1 Å². The molecule has 11 heteroatoms. The number of nitrogens with zero attached hydrogens (tertiary/aromatic N) is 4. The number of halogens is 1. The van der Waals surface area contributed by atoms with Crippen LogP contribution < -0.4 is 10.2 Å². The van der Waals surface area contributed by atoms with E-state index in [0.717, 1.165) is 0 Å². The van der Waals surface area contributed by atoms with Gasteiger partial charge < -0.3 is 19.2 Å². The van der Waals surface area contributed by atoms with Crippen LogP contribution in [0.5, 0.6) is 0 Å². The zero-order valence-electron chi connectivity index (χ0n) is 15.9. The number of anilines is 1. The van der Waals surface area contributed by atoms with E-state index in [1.165, 1.54) is 30.4 Å². The normalized spacial score (nSPS) is 15.9. The molecule has 10 nitrogen and oxygen atoms in total. The quantitative estimate of drug-likeness (QED) is 0.658. The predicted molar refractivity (Wildman–Crippen MR) is 101 cm³/mol. The number of aromatic nitrogens is 3. The number of methoxy groups -OCH3 is 1. The smallest absolute Gasteiger partial charge is 0.414 e. The van der Waals surface area contributed by atoms with Crippen LogP contribution in [-0.4, -0.2) is 53.3 Å². The second-order valence-corrected chi connectivity index (χ2v) is 6.50. The first-order valence-electron chi connectivity index (χ1n) is 9.05. The number of oxazole rings is 1. The highest BCUT2D eigenvalue weighted by molar-refractivity contribution is 5.90. The van der Waals surface area contributed by atoms with Gasteiger partial charge in [-0.1, -0.05) is 0 Å². The first-order valence-corrected chi connectivity index (χ1v) is 9.05. The second kappa shape index (κ2) is 8.23. The zero-order chi connectivity index (χ0) is 21.1. The highest BCUT2D eigenvalue weighted by Gasteiger charge is 2.33. The van der Waals surface area contributed by atoms with Gasteiger partial charge in [0.15, 0.2) is 0 Å². The molecule has 4 rings (SSSR count). The van der Waals surface area contributed by atoms with Crippen molar-refractivity contribution in [2.24, 2.45) is 0 Å². The lowest BCUT2D eigenvalue weighted by molar-refractivity contribution is 0.132. The summed E-state index contributed by atoms with van der Waals surface area (Å²) in [5.41, 5.74) is 1.09. The second-order valence-electron chi connectivity index (χ2n) is 6.50. The van der Waals surface area contributed by atoms with Crippen molar-refractivity contribution >= 4 is 17.9 Å². The monoisotopic (exact) mass is 415 g/mol. The van der Waals surface area contributed by atoms with E-state index in [9.17, 15) is 14.0 Å². The van der Waals surface area contributed by atoms with Crippen LogP contribution in [0.25, 0.3) is 11.5 Å². The molecule has 2 aromatic heterocycles. The van der Waals surface area contributed by atoms with Gasteiger partial charge in [0.2, 0.25) is 5.89 Å². The fraction of sp³-hybridized carbons (Fsp3) is 0.263. The van der Waals surface area contributed by atoms with Crippen LogP contribution in [0.1, 0.15) is 5.69 Å². The molecule has 0 aliphatic carbocycles. The Labute approximate surface area is 170 Å². The van der Waals surface area contributed by atoms with Crippen molar-refractivity contribution in [2.45, 2.75) is 12.6 Å². The summed E-state index contributed by atoms with van der Waals surface area (Å²) in [5, 5.41) is 6.55. The molecule has 3 heterocycles. The van der Waals surface area contributed by atoms with Gasteiger partial charge in [0, 0.05) is 12.4 Å². The minimum Gasteiger partial charge on any atom is -0.453 e. The lowest BCUT2D eigenvalue weighted by Crippen LogP contribution is -2.34. The van der Waals surface area contributed by atoms with Gasteiger partial charge in [-0.2, -0.15) is 5.10 Å². The molecule has 2 amide bonds. The molecular formula is C19H18FN5O5. The summed E-state index contributed by atoms with van der Waals surface area (Å²) in [7, 11) is 1.24. The number of carbonyl (C=O) groups excluding carboxylic acids is 2. The number of rotatable bonds is 6. The lowest BCUT2D eigenvalue weighted by atomic mass is 10.1. The Hall–Kier alpha value is -3.89. The van der Waals surface area contributed by atoms with Gasteiger partial charge in [-0.05, 0) is 24.3 Å². The van der Waals surface area contributed by atoms with E-state index in [-0.39, 0.29) is 24.5 Å². The Morgan fingerprint density at radius 1 is 1.43 bits per heavy atom. The molecule has 1 saturated heterocycles. The van der Waals surface area contributed by atoms with Gasteiger partial charge >= 0.3 is 12.2 Å². The summed E-state index contributed by atoms with van der Waals surface area (Å²) < 4.78 is 31.5. The Bertz CT molecular complexity index is 1050. The molecule has 3 aromatic rings. The molecule has 30 heavy (non-hydrogen) atoms. The van der Waals surface area contributed by atoms with Crippen molar-refractivity contribution in [1.29, 1.82) is 0 Å². The molecule has 1 aliphatic rings. The average Bonchev–Trinajstić information content (AvgIpc) is 3.48. The molecule has 0 saturated carbocycles. The third-order valence-electron chi connectivity index (χ3n) is 4.46. The van der Waals surface area contributed by atoms with Gasteiger partial charge in [0.25, 0.3) is 0 Å². The van der Waals surface area contributed by atoms with Crippen LogP contribution in [0.3, 0.4) is 0 Å². The first kappa shape index (κ1) is 19.4. The molecule has 0 bridgehead atoms. The van der Waals surface area contributed by atoms with Crippen molar-refractivity contribution in [1.82, 2.24) is 20.1 Å². The van der Waals surface area contributed by atoms with E-state index in [2.05, 4.69) is 20.1 Å². The van der Waals surface area contributed by atoms with Gasteiger partial charge in [-0.15, -0.1) is 0 Å². The van der Waals surface area contributed by atoms with E-state index in [4.69, 9.17) is 9.15 Å². The molecule has 0 radical (unpaired) electrons. The van der Waals surface area contributed by atoms with Gasteiger partial charge in [-0.3, -0.25) is 9.58 Å². The minimum atomic E-state index is -0.628. The van der Waals surface area contributed by atoms with Crippen molar-refractivity contribution in [3.8, 4) is 11.5 Å². The van der Waals surface area contributed by atoms with Crippen LogP contribution in [0.2, 0.25) is 0 Å². The Morgan fingerprint density at radius 3 is 3.03 bits per heavy atom. The fourth-order valence-corrected chi connectivity index (χ4v) is 3.02. The standard InChI is InChI=1S/C19H18FN5O5/c1-28-18(26)21-8-14-10-25(19(27)30-14)13-3-4-15(16(20)7-13)17-23-12(11-29-17)9-24-6-2-5-22-24/h2-7,11,14H,8-10H2,1H3,(H,21,26)/t14-/m0/s1. The SMILES string of the molecule is COC(=O)NC[C@H]1CN(c2ccc(-c3nc(Cn4cccn4)co3)c(F)c2)C(=O)O1. The number of alkyl carbamates (subject to hydrolysis) is 1. The average molecular weight is 415 g/mol. The van der Waals surface area contributed by atoms with Crippen molar-refractivity contribution in [3.63, 3.8) is 0 Å². The maximum Gasteiger partial charge on any atom is 0.414 e. The molecule has 1 N–H and O–H groups in total. The number of hydrogen-bond acceptors (Lipinski definition) is 7. The minimum absolute atomic E-state index is 0.0881. The van der Waals surface area contributed by atoms with Crippen LogP contribution in [0, 0.1) is 5.82 Å². The number of carbonyl (C=O) groups is 2. The number of nitrogens with one attached hydrogen (secondary N) is 1. The van der Waals surface area contributed by atoms with Crippen LogP contribution in [0.15, 0.2) is 47.3 Å². The largest absolute Gasteiger partial charge is 0.453 e. The van der Waals surface area contributed by atoms with Crippen molar-refractivity contribution in [3.05, 3.63) is 54.4 Å². The number of cyclic esters (lactones) is 1. The number of benzene rings is 1. The lowest BCUT2D eigenvalue weighted by Gasteiger charge is -2.14. The van der Waals surface area contributed by atoms with E-state index < -0.39 is 24.1 Å². The first-order chi connectivity index (χ1) is 14.5. The highest BCUT2D eigenvalue weighted by Crippen LogP contribution is 2.28. The maximum absolute atomic E-state index is 14.7. The molecule has 1 aliphatic heterocycles. The molecule has 1 atom stereocenters. The summed E-state index contributed by atoms with van der Waals surface area (Å²) in [4.78, 5) is 28.9. The highest BCUT2D eigenvalue weighted by atomic mass is 19.1. The van der Waals surface area contributed by atoms with Crippen LogP contribution >= 0.6 is 0 Å². The number of ether oxygens (including phenoxy) is 2. The van der Waals surface area contributed by atoms with E-state index in [1.807, 2.05) is 0 Å². The number of amides is 2. The zero-order valence-corrected chi connectivity index (χ0v) is 15.9. The van der Waals surface area contributed by atoms with Crippen LogP contribution in [-0.2, 0) is 16.0 Å². The summed E-state index contributed by atoms with van der Waals surface area (Å²) >= 11 is 0. The predicted octanol–water partition coefficient (Wildman–Crippen LogP) is 2.41. The van der Waals surface area contributed by atoms with Gasteiger partial charge in [0.05, 0.1) is 38.0 Å². The van der Waals surface area contributed by atoms with Gasteiger partial charge in [0.1, 0.15) is 23.9 Å². The summed E-state index contributed by atoms with van der Waals surface area (Å²) in [5.74, 6) is -0.464. The molecule has 0 unspecified atom stereocenters. The fourth-order valence-electron chi connectivity index (χ4n) is 3.02.